The van der Waals surface area contributed by atoms with Gasteiger partial charge in [-0.15, -0.1) is 23.6 Å². The number of hydrogen-bond donors (Lipinski definition) is 1. The van der Waals surface area contributed by atoms with Gasteiger partial charge in [-0.05, 0) is 32.1 Å². The first kappa shape index (κ1) is 29.8. The van der Waals surface area contributed by atoms with Gasteiger partial charge in [-0.1, -0.05) is 70.8 Å². The van der Waals surface area contributed by atoms with E-state index in [1.54, 1.807) is 0 Å². The van der Waals surface area contributed by atoms with Crippen LogP contribution in [0.4, 0.5) is 0 Å². The van der Waals surface area contributed by atoms with E-state index in [2.05, 4.69) is 32.9 Å². The number of rotatable bonds is 20. The number of amides is 1. The molecule has 168 valence electrons. The summed E-state index contributed by atoms with van der Waals surface area (Å²) in [6.45, 7) is 9.08. The third-order valence-corrected chi connectivity index (χ3v) is 5.47. The van der Waals surface area contributed by atoms with Gasteiger partial charge in [0.1, 0.15) is 0 Å². The molecule has 0 rings (SSSR count). The van der Waals surface area contributed by atoms with Gasteiger partial charge in [0.15, 0.2) is 0 Å². The van der Waals surface area contributed by atoms with Crippen LogP contribution in [0.1, 0.15) is 103 Å². The number of carbonyl (C=O) groups is 1. The third kappa shape index (κ3) is 21.9. The Morgan fingerprint density at radius 2 is 1.36 bits per heavy atom. The smallest absolute Gasteiger partial charge is 0.220 e. The summed E-state index contributed by atoms with van der Waals surface area (Å²) in [5.74, 6) is 0.234. The lowest BCUT2D eigenvalue weighted by molar-refractivity contribution is -0.889. The van der Waals surface area contributed by atoms with Crippen LogP contribution < -0.4 is 5.32 Å². The lowest BCUT2D eigenvalue weighted by atomic mass is 10.1. The molecule has 0 radical (unpaired) electrons. The lowest BCUT2D eigenvalue weighted by Gasteiger charge is -2.30. The van der Waals surface area contributed by atoms with Gasteiger partial charge < -0.3 is 9.80 Å². The van der Waals surface area contributed by atoms with Crippen LogP contribution in [-0.4, -0.2) is 44.1 Å². The van der Waals surface area contributed by atoms with Crippen molar-refractivity contribution in [3.63, 3.8) is 0 Å². The summed E-state index contributed by atoms with van der Waals surface area (Å²) in [5, 5.41) is 3.12. The van der Waals surface area contributed by atoms with E-state index in [-0.39, 0.29) is 22.9 Å². The predicted octanol–water partition coefficient (Wildman–Crippen LogP) is 6.81. The van der Waals surface area contributed by atoms with Crippen LogP contribution in [0, 0.1) is 0 Å². The number of halogens is 1. The van der Waals surface area contributed by atoms with Crippen LogP contribution in [0.3, 0.4) is 0 Å². The Morgan fingerprint density at radius 3 is 1.96 bits per heavy atom. The fraction of sp³-hybridized carbons (Fsp3) is 0.875. The van der Waals surface area contributed by atoms with Crippen LogP contribution in [0.5, 0.6) is 0 Å². The molecule has 0 heterocycles. The summed E-state index contributed by atoms with van der Waals surface area (Å²) in [7, 11) is 4.57. The van der Waals surface area contributed by atoms with Crippen LogP contribution >= 0.6 is 17.0 Å². The van der Waals surface area contributed by atoms with Crippen molar-refractivity contribution in [3.05, 3.63) is 12.7 Å². The zero-order valence-electron chi connectivity index (χ0n) is 19.3. The van der Waals surface area contributed by atoms with E-state index >= 15 is 0 Å². The van der Waals surface area contributed by atoms with E-state index in [0.717, 1.165) is 30.4 Å². The number of hydrogen-bond acceptors (Lipinski definition) is 1. The molecular formula is C24H50BrN2O+. The van der Waals surface area contributed by atoms with Crippen molar-refractivity contribution in [1.82, 2.24) is 5.32 Å². The maximum Gasteiger partial charge on any atom is 0.220 e. The zero-order valence-corrected chi connectivity index (χ0v) is 21.0. The van der Waals surface area contributed by atoms with E-state index in [1.807, 2.05) is 6.08 Å². The molecular weight excluding hydrogens is 412 g/mol. The Labute approximate surface area is 187 Å². The topological polar surface area (TPSA) is 29.1 Å². The molecule has 0 aliphatic heterocycles. The number of allylic oxidation sites excluding steroid dienone is 1. The Bertz CT molecular complexity index is 359. The summed E-state index contributed by atoms with van der Waals surface area (Å²) < 4.78 is 1.01. The van der Waals surface area contributed by atoms with Crippen molar-refractivity contribution in [3.8, 4) is 0 Å². The van der Waals surface area contributed by atoms with E-state index in [9.17, 15) is 4.79 Å². The standard InChI is InChI=1S/C24H48N2O.BrH/c1-5-7-9-11-13-14-16-18-20-24(27)25-21-23-26(3,4)22-19-17-15-12-10-8-6-2;/h5H,1,6-23H2,2-4H3;1H/p+1. The number of nitrogens with zero attached hydrogens (tertiary/aromatic N) is 1. The van der Waals surface area contributed by atoms with Crippen molar-refractivity contribution in [2.75, 3.05) is 33.7 Å². The Morgan fingerprint density at radius 1 is 0.821 bits per heavy atom. The number of nitrogens with one attached hydrogen (secondary N) is 1. The van der Waals surface area contributed by atoms with Crippen molar-refractivity contribution in [2.24, 2.45) is 0 Å². The summed E-state index contributed by atoms with van der Waals surface area (Å²) >= 11 is 0. The highest BCUT2D eigenvalue weighted by Gasteiger charge is 2.14. The van der Waals surface area contributed by atoms with Crippen LogP contribution in [-0.2, 0) is 4.79 Å². The Hall–Kier alpha value is -0.350. The zero-order chi connectivity index (χ0) is 20.2. The molecule has 28 heavy (non-hydrogen) atoms. The van der Waals surface area contributed by atoms with Gasteiger partial charge in [0, 0.05) is 6.42 Å². The quantitative estimate of drug-likeness (QED) is 0.120. The monoisotopic (exact) mass is 461 g/mol. The summed E-state index contributed by atoms with van der Waals surface area (Å²) in [4.78, 5) is 12.0. The molecule has 0 aliphatic carbocycles. The highest BCUT2D eigenvalue weighted by atomic mass is 79.9. The molecule has 0 saturated heterocycles. The highest BCUT2D eigenvalue weighted by molar-refractivity contribution is 8.93. The van der Waals surface area contributed by atoms with Crippen LogP contribution in [0.2, 0.25) is 0 Å². The Kier molecular flexibility index (Phi) is 22.8. The minimum atomic E-state index is 0. The van der Waals surface area contributed by atoms with Gasteiger partial charge >= 0.3 is 0 Å². The van der Waals surface area contributed by atoms with E-state index in [0.29, 0.717) is 6.42 Å². The number of quaternary nitrogens is 1. The number of unbranched alkanes of at least 4 members (excludes halogenated alkanes) is 12. The molecule has 4 heteroatoms. The summed E-state index contributed by atoms with van der Waals surface area (Å²) in [5.41, 5.74) is 0. The fourth-order valence-electron chi connectivity index (χ4n) is 3.48. The minimum Gasteiger partial charge on any atom is -0.350 e. The summed E-state index contributed by atoms with van der Waals surface area (Å²) in [6.07, 6.45) is 20.7. The summed E-state index contributed by atoms with van der Waals surface area (Å²) in [6, 6.07) is 0. The second kappa shape index (κ2) is 21.4. The molecule has 0 saturated carbocycles. The highest BCUT2D eigenvalue weighted by Crippen LogP contribution is 2.10. The van der Waals surface area contributed by atoms with Crippen LogP contribution in [0.25, 0.3) is 0 Å². The van der Waals surface area contributed by atoms with Crippen LogP contribution in [0.15, 0.2) is 12.7 Å². The molecule has 0 bridgehead atoms. The maximum atomic E-state index is 12.0. The molecule has 0 aliphatic rings. The third-order valence-electron chi connectivity index (χ3n) is 5.47. The molecule has 0 fully saturated rings. The number of likely N-dealkylation sites (N-methyl/N-ethyl adjacent to an activating group) is 1. The maximum absolute atomic E-state index is 12.0. The molecule has 3 nitrogen and oxygen atoms in total. The fourth-order valence-corrected chi connectivity index (χ4v) is 3.48. The first-order chi connectivity index (χ1) is 13.0. The number of carbonyl (C=O) groups excluding carboxylic acids is 1. The first-order valence-corrected chi connectivity index (χ1v) is 11.7. The molecule has 0 atom stereocenters. The first-order valence-electron chi connectivity index (χ1n) is 11.7. The molecule has 0 aromatic rings. The molecule has 1 N–H and O–H groups in total. The van der Waals surface area contributed by atoms with Crippen molar-refractivity contribution >= 4 is 22.9 Å². The molecule has 0 aromatic heterocycles. The van der Waals surface area contributed by atoms with Gasteiger partial charge in [0.25, 0.3) is 0 Å². The second-order valence-corrected chi connectivity index (χ2v) is 8.80. The molecule has 1 amide bonds. The molecule has 0 aromatic carbocycles. The van der Waals surface area contributed by atoms with Gasteiger partial charge in [-0.3, -0.25) is 4.79 Å². The van der Waals surface area contributed by atoms with Crippen molar-refractivity contribution in [2.45, 2.75) is 103 Å². The van der Waals surface area contributed by atoms with E-state index in [4.69, 9.17) is 0 Å². The average molecular weight is 463 g/mol. The molecule has 0 spiro atoms. The van der Waals surface area contributed by atoms with Crippen molar-refractivity contribution in [1.29, 1.82) is 0 Å². The van der Waals surface area contributed by atoms with E-state index in [1.165, 1.54) is 83.6 Å². The largest absolute Gasteiger partial charge is 0.350 e. The predicted molar refractivity (Wildman–Crippen MR) is 130 cm³/mol. The molecule has 0 unspecified atom stereocenters. The SMILES string of the molecule is Br.C=CCCCCCCCCC(=O)NCC[N+](C)(C)CCCCCCCCC. The minimum absolute atomic E-state index is 0. The van der Waals surface area contributed by atoms with Gasteiger partial charge in [-0.2, -0.15) is 0 Å². The lowest BCUT2D eigenvalue weighted by Crippen LogP contribution is -2.45. The van der Waals surface area contributed by atoms with E-state index < -0.39 is 0 Å². The normalized spacial score (nSPS) is 11.1. The van der Waals surface area contributed by atoms with Gasteiger partial charge in [0.05, 0.1) is 33.7 Å². The van der Waals surface area contributed by atoms with Gasteiger partial charge in [-0.25, -0.2) is 0 Å². The van der Waals surface area contributed by atoms with Crippen molar-refractivity contribution < 1.29 is 9.28 Å². The average Bonchev–Trinajstić information content (AvgIpc) is 2.63. The Balaban J connectivity index is 0. The van der Waals surface area contributed by atoms with Gasteiger partial charge in [0.2, 0.25) is 5.91 Å². The second-order valence-electron chi connectivity index (χ2n) is 8.80.